The highest BCUT2D eigenvalue weighted by atomic mass is 79.9. The second-order valence-corrected chi connectivity index (χ2v) is 19.8. The van der Waals surface area contributed by atoms with Crippen LogP contribution in [0.15, 0.2) is 105 Å². The van der Waals surface area contributed by atoms with Crippen molar-refractivity contribution >= 4 is 63.2 Å². The van der Waals surface area contributed by atoms with Crippen molar-refractivity contribution in [3.8, 4) is 11.1 Å². The number of hydroxylamine groups is 4. The second kappa shape index (κ2) is 17.2. The quantitative estimate of drug-likeness (QED) is 0.119. The molecule has 344 valence electrons. The number of aliphatic imine (C=N–C) groups is 3. The molecule has 0 saturated heterocycles. The number of nitrogens with one attached hydrogen (secondary N) is 1. The van der Waals surface area contributed by atoms with Crippen LogP contribution < -0.4 is 16.9 Å². The van der Waals surface area contributed by atoms with E-state index in [1.165, 1.54) is 27.6 Å². The lowest BCUT2D eigenvalue weighted by Crippen LogP contribution is -2.46. The van der Waals surface area contributed by atoms with E-state index in [0.29, 0.717) is 29.6 Å². The number of hydrogen-bond acceptors (Lipinski definition) is 13. The summed E-state index contributed by atoms with van der Waals surface area (Å²) in [6.07, 6.45) is 15.4. The van der Waals surface area contributed by atoms with Gasteiger partial charge in [-0.2, -0.15) is 0 Å². The molecule has 1 aromatic heterocycles. The summed E-state index contributed by atoms with van der Waals surface area (Å²) < 4.78 is 12.3. The number of aromatic nitrogens is 1. The molecule has 66 heavy (non-hydrogen) atoms. The lowest BCUT2D eigenvalue weighted by atomic mass is 9.66. The number of ether oxygens (including phenoxy) is 2. The summed E-state index contributed by atoms with van der Waals surface area (Å²) in [6, 6.07) is 27.1. The van der Waals surface area contributed by atoms with E-state index < -0.39 is 18.6 Å². The first-order valence-corrected chi connectivity index (χ1v) is 23.7. The van der Waals surface area contributed by atoms with Gasteiger partial charge in [-0.3, -0.25) is 4.99 Å². The van der Waals surface area contributed by atoms with Crippen LogP contribution in [0.3, 0.4) is 0 Å². The maximum absolute atomic E-state index is 8.86. The molecular weight excluding hydrogens is 899 g/mol. The minimum Gasteiger partial charge on any atom is -0.423 e. The topological polar surface area (TPSA) is 189 Å². The minimum atomic E-state index is -1.40. The largest absolute Gasteiger partial charge is 0.488 e. The molecule has 2 atom stereocenters. The normalized spacial score (nSPS) is 28.9. The molecule has 12 rings (SSSR count). The highest BCUT2D eigenvalue weighted by Gasteiger charge is 2.64. The molecule has 4 aromatic carbocycles. The fraction of sp³-hybridized carbons (Fsp3) is 0.420. The predicted octanol–water partition coefficient (Wildman–Crippen LogP) is 6.86. The van der Waals surface area contributed by atoms with E-state index in [-0.39, 0.29) is 10.8 Å². The van der Waals surface area contributed by atoms with Crippen LogP contribution >= 0.6 is 15.9 Å². The Kier molecular flexibility index (Phi) is 11.7. The number of methoxy groups -OCH3 is 2. The van der Waals surface area contributed by atoms with Gasteiger partial charge in [-0.25, -0.2) is 29.8 Å². The average Bonchev–Trinajstić information content (AvgIpc) is 4.18. The van der Waals surface area contributed by atoms with Gasteiger partial charge in [0.05, 0.1) is 17.9 Å². The summed E-state index contributed by atoms with van der Waals surface area (Å²) in [4.78, 5) is 30.1. The standard InChI is InChI=1S/C25H28N4O2.C17H22BrN3O2.C8H8BNO2/c1-29-23(26)28-25(31-29)21-13-17(18-4-3-16-9-12-27-22(16)14-18)5-6-19(21)15-24(25)10-7-20(30-2)8-11-24;1-21-15(19)20-17(23-21)14-9-12(18)4-3-11(14)10-16(17)7-5-13(22-2)6-8-16;11-9(12)7-2-1-6-3-4-10-8(6)5-7/h3-6,9,12-14,20,27H,7-8,10-11,15H2,1-2H3,(H2,26,28);3-4,9,13H,5-8,10H2,1-2H3,(H2,19,20);1-2,4-5,11-12H,3H2. The van der Waals surface area contributed by atoms with Crippen molar-refractivity contribution in [1.82, 2.24) is 15.1 Å². The third-order valence-corrected chi connectivity index (χ3v) is 15.9. The Balaban J connectivity index is 0.000000128. The Morgan fingerprint density at radius 2 is 1.26 bits per heavy atom. The lowest BCUT2D eigenvalue weighted by molar-refractivity contribution is -0.232. The van der Waals surface area contributed by atoms with Crippen molar-refractivity contribution < 1.29 is 29.2 Å². The molecular formula is C50H58BBrN8O6. The lowest BCUT2D eigenvalue weighted by Gasteiger charge is -2.45. The molecule has 0 amide bonds. The van der Waals surface area contributed by atoms with Gasteiger partial charge in [0, 0.05) is 79.1 Å². The van der Waals surface area contributed by atoms with Gasteiger partial charge in [-0.05, 0) is 139 Å². The van der Waals surface area contributed by atoms with Crippen molar-refractivity contribution in [2.24, 2.45) is 37.3 Å². The minimum absolute atomic E-state index is 0.0411. The Bertz CT molecular complexity index is 2750. The number of nitrogens with zero attached hydrogens (tertiary/aromatic N) is 5. The first-order chi connectivity index (χ1) is 31.8. The van der Waals surface area contributed by atoms with Crippen LogP contribution in [0.4, 0.5) is 5.69 Å². The number of nitrogens with two attached hydrogens (primary N) is 2. The number of aromatic amines is 1. The Morgan fingerprint density at radius 3 is 1.82 bits per heavy atom. The first kappa shape index (κ1) is 44.8. The van der Waals surface area contributed by atoms with Crippen LogP contribution in [0.2, 0.25) is 0 Å². The molecule has 4 aliphatic carbocycles. The number of rotatable bonds is 4. The van der Waals surface area contributed by atoms with Crippen molar-refractivity contribution in [3.63, 3.8) is 0 Å². The molecule has 7 N–H and O–H groups in total. The van der Waals surface area contributed by atoms with E-state index in [9.17, 15) is 0 Å². The van der Waals surface area contributed by atoms with E-state index in [1.54, 1.807) is 29.4 Å². The van der Waals surface area contributed by atoms with Crippen LogP contribution in [-0.4, -0.2) is 90.9 Å². The molecule has 3 aliphatic heterocycles. The van der Waals surface area contributed by atoms with Crippen molar-refractivity contribution in [3.05, 3.63) is 117 Å². The second-order valence-electron chi connectivity index (χ2n) is 18.9. The maximum atomic E-state index is 8.86. The van der Waals surface area contributed by atoms with Gasteiger partial charge in [-0.1, -0.05) is 58.4 Å². The van der Waals surface area contributed by atoms with Crippen molar-refractivity contribution in [2.45, 2.75) is 94.3 Å². The van der Waals surface area contributed by atoms with Crippen molar-refractivity contribution in [2.75, 3.05) is 28.3 Å². The molecule has 14 nitrogen and oxygen atoms in total. The zero-order valence-electron chi connectivity index (χ0n) is 38.0. The number of hydrogen-bond donors (Lipinski definition) is 5. The van der Waals surface area contributed by atoms with Crippen LogP contribution in [0, 0.1) is 10.8 Å². The van der Waals surface area contributed by atoms with E-state index >= 15 is 0 Å². The summed E-state index contributed by atoms with van der Waals surface area (Å²) in [5, 5.41) is 22.2. The molecule has 7 aliphatic rings. The van der Waals surface area contributed by atoms with E-state index in [0.717, 1.165) is 103 Å². The molecule has 0 radical (unpaired) electrons. The third kappa shape index (κ3) is 7.45. The molecule has 2 unspecified atom stereocenters. The monoisotopic (exact) mass is 956 g/mol. The number of fused-ring (bicyclic) bond motifs is 8. The first-order valence-electron chi connectivity index (χ1n) is 22.9. The summed E-state index contributed by atoms with van der Waals surface area (Å²) in [6.45, 7) is 0. The summed E-state index contributed by atoms with van der Waals surface area (Å²) in [7, 11) is 5.90. The maximum Gasteiger partial charge on any atom is 0.488 e. The zero-order chi connectivity index (χ0) is 46.0. The Morgan fingerprint density at radius 1 is 0.712 bits per heavy atom. The van der Waals surface area contributed by atoms with Crippen LogP contribution in [0.1, 0.15) is 79.2 Å². The van der Waals surface area contributed by atoms with Gasteiger partial charge in [-0.15, -0.1) is 0 Å². The SMILES string of the molecule is COC1CCC2(CC1)Cc1ccc(-c3ccc4cc[nH]c4c3)cc1C21N=C(N)N(C)O1.COC1CCC2(CC1)Cc1ccc(Br)cc1C21N=C(N)N(C)O1.OB(O)c1ccc2c(c1)N=CC2. The molecule has 16 heteroatoms. The molecule has 4 heterocycles. The number of guanidine groups is 2. The van der Waals surface area contributed by atoms with E-state index in [2.05, 4.69) is 86.6 Å². The van der Waals surface area contributed by atoms with E-state index in [4.69, 9.17) is 50.6 Å². The van der Waals surface area contributed by atoms with E-state index in [1.807, 2.05) is 39.7 Å². The molecule has 5 aromatic rings. The summed E-state index contributed by atoms with van der Waals surface area (Å²) in [5.74, 6) is 0.894. The fourth-order valence-electron chi connectivity index (χ4n) is 11.7. The van der Waals surface area contributed by atoms with Crippen LogP contribution in [0.25, 0.3) is 22.0 Å². The predicted molar refractivity (Wildman–Crippen MR) is 261 cm³/mol. The Labute approximate surface area is 394 Å². The number of H-pyrrole nitrogens is 1. The van der Waals surface area contributed by atoms with Gasteiger partial charge in [0.2, 0.25) is 23.4 Å². The van der Waals surface area contributed by atoms with Gasteiger partial charge in [0.1, 0.15) is 0 Å². The average molecular weight is 958 g/mol. The van der Waals surface area contributed by atoms with Crippen LogP contribution in [0.5, 0.6) is 0 Å². The summed E-state index contributed by atoms with van der Waals surface area (Å²) >= 11 is 3.59. The Hall–Kier alpha value is -5.07. The van der Waals surface area contributed by atoms with Gasteiger partial charge in [0.25, 0.3) is 0 Å². The van der Waals surface area contributed by atoms with Gasteiger partial charge < -0.3 is 36.0 Å². The molecule has 2 saturated carbocycles. The number of benzene rings is 4. The van der Waals surface area contributed by atoms with Crippen LogP contribution in [-0.2, 0) is 49.9 Å². The fourth-order valence-corrected chi connectivity index (χ4v) is 12.1. The molecule has 4 spiro atoms. The van der Waals surface area contributed by atoms with Gasteiger partial charge in [0.15, 0.2) is 0 Å². The third-order valence-electron chi connectivity index (χ3n) is 15.4. The smallest absolute Gasteiger partial charge is 0.423 e. The highest BCUT2D eigenvalue weighted by Crippen LogP contribution is 2.63. The summed E-state index contributed by atoms with van der Waals surface area (Å²) in [5.41, 5.74) is 21.7. The van der Waals surface area contributed by atoms with Crippen molar-refractivity contribution in [1.29, 1.82) is 0 Å². The molecule has 2 fully saturated rings. The zero-order valence-corrected chi connectivity index (χ0v) is 39.6. The van der Waals surface area contributed by atoms with Gasteiger partial charge >= 0.3 is 7.12 Å². The highest BCUT2D eigenvalue weighted by molar-refractivity contribution is 9.10. The number of halogens is 1. The molecule has 0 bridgehead atoms.